The molecule has 0 aliphatic rings. The van der Waals surface area contributed by atoms with Crippen molar-refractivity contribution in [1.29, 1.82) is 0 Å². The van der Waals surface area contributed by atoms with Gasteiger partial charge >= 0.3 is 0 Å². The van der Waals surface area contributed by atoms with Crippen LogP contribution in [0.5, 0.6) is 0 Å². The van der Waals surface area contributed by atoms with Gasteiger partial charge in [0.15, 0.2) is 0 Å². The first-order valence-corrected chi connectivity index (χ1v) is 19.2. The zero-order valence-electron chi connectivity index (χ0n) is 30.6. The Hall–Kier alpha value is -7.42. The van der Waals surface area contributed by atoms with E-state index in [1.807, 2.05) is 12.1 Å². The Labute approximate surface area is 325 Å². The lowest BCUT2D eigenvalue weighted by Crippen LogP contribution is -2.11. The van der Waals surface area contributed by atoms with Gasteiger partial charge in [-0.25, -0.2) is 0 Å². The summed E-state index contributed by atoms with van der Waals surface area (Å²) in [5.41, 5.74) is 9.89. The van der Waals surface area contributed by atoms with Crippen molar-refractivity contribution in [3.8, 4) is 33.6 Å². The number of benzene rings is 10. The van der Waals surface area contributed by atoms with Crippen molar-refractivity contribution < 1.29 is 4.42 Å². The highest BCUT2D eigenvalue weighted by Crippen LogP contribution is 2.44. The van der Waals surface area contributed by atoms with Gasteiger partial charge in [-0.2, -0.15) is 0 Å². The monoisotopic (exact) mass is 713 g/mol. The smallest absolute Gasteiger partial charge is 0.137 e. The summed E-state index contributed by atoms with van der Waals surface area (Å²) in [5.74, 6) is 0.838. The molecule has 0 atom stereocenters. The first-order chi connectivity index (χ1) is 27.8. The molecule has 262 valence electrons. The molecule has 11 aromatic rings. The van der Waals surface area contributed by atoms with Crippen LogP contribution in [0.25, 0.3) is 87.6 Å². The van der Waals surface area contributed by atoms with Crippen LogP contribution in [0.1, 0.15) is 0 Å². The van der Waals surface area contributed by atoms with E-state index in [1.165, 1.54) is 65.3 Å². The summed E-state index contributed by atoms with van der Waals surface area (Å²) >= 11 is 0. The molecule has 0 amide bonds. The van der Waals surface area contributed by atoms with E-state index in [0.29, 0.717) is 0 Å². The van der Waals surface area contributed by atoms with E-state index in [9.17, 15) is 0 Å². The Morgan fingerprint density at radius 1 is 0.304 bits per heavy atom. The minimum Gasteiger partial charge on any atom is -0.456 e. The minimum atomic E-state index is 0.838. The third-order valence-electron chi connectivity index (χ3n) is 11.2. The number of rotatable bonds is 6. The van der Waals surface area contributed by atoms with Gasteiger partial charge in [0.2, 0.25) is 0 Å². The van der Waals surface area contributed by atoms with Gasteiger partial charge in [0.1, 0.15) is 11.3 Å². The van der Waals surface area contributed by atoms with Crippen molar-refractivity contribution in [1.82, 2.24) is 0 Å². The Kier molecular flexibility index (Phi) is 7.53. The van der Waals surface area contributed by atoms with E-state index in [2.05, 4.69) is 205 Å². The van der Waals surface area contributed by atoms with Gasteiger partial charge < -0.3 is 9.32 Å². The van der Waals surface area contributed by atoms with Crippen molar-refractivity contribution in [2.75, 3.05) is 4.90 Å². The molecule has 0 aliphatic carbocycles. The maximum absolute atomic E-state index is 6.50. The van der Waals surface area contributed by atoms with Crippen molar-refractivity contribution in [3.05, 3.63) is 212 Å². The van der Waals surface area contributed by atoms with Crippen LogP contribution in [0.4, 0.5) is 17.1 Å². The second-order valence-corrected chi connectivity index (χ2v) is 14.5. The quantitative estimate of drug-likeness (QED) is 0.160. The standard InChI is InChI=1S/C54H35NO/c1-4-16-43-38(13-1)33-50(47-20-8-6-18-45(43)47)36-25-29-41(30-26-36)55(52-23-11-10-22-49(52)54-35-40-15-3-12-24-53(40)56-54)42-31-27-37(28-32-42)51-34-39-14-2-5-17-44(39)46-19-7-9-21-48(46)51/h1-35H. The molecular formula is C54H35NO. The van der Waals surface area contributed by atoms with Crippen LogP contribution in [0.2, 0.25) is 0 Å². The van der Waals surface area contributed by atoms with E-state index in [-0.39, 0.29) is 0 Å². The van der Waals surface area contributed by atoms with Gasteiger partial charge in [-0.3, -0.25) is 0 Å². The Bertz CT molecular complexity index is 3050. The molecule has 0 saturated heterocycles. The Morgan fingerprint density at radius 3 is 1.27 bits per heavy atom. The van der Waals surface area contributed by atoms with Gasteiger partial charge in [-0.05, 0) is 126 Å². The molecule has 11 rings (SSSR count). The highest BCUT2D eigenvalue weighted by molar-refractivity contribution is 6.15. The molecule has 0 fully saturated rings. The van der Waals surface area contributed by atoms with E-state index >= 15 is 0 Å². The van der Waals surface area contributed by atoms with Gasteiger partial charge in [0.25, 0.3) is 0 Å². The number of hydrogen-bond acceptors (Lipinski definition) is 2. The molecule has 0 aliphatic heterocycles. The van der Waals surface area contributed by atoms with Crippen LogP contribution >= 0.6 is 0 Å². The maximum Gasteiger partial charge on any atom is 0.137 e. The molecule has 0 saturated carbocycles. The summed E-state index contributed by atoms with van der Waals surface area (Å²) in [6.07, 6.45) is 0. The largest absolute Gasteiger partial charge is 0.456 e. The third-order valence-corrected chi connectivity index (χ3v) is 11.2. The molecule has 0 unspecified atom stereocenters. The first-order valence-electron chi connectivity index (χ1n) is 19.2. The molecule has 0 bridgehead atoms. The summed E-state index contributed by atoms with van der Waals surface area (Å²) in [4.78, 5) is 2.35. The zero-order chi connectivity index (χ0) is 37.0. The number of nitrogens with zero attached hydrogens (tertiary/aromatic N) is 1. The lowest BCUT2D eigenvalue weighted by atomic mass is 9.93. The molecule has 0 radical (unpaired) electrons. The summed E-state index contributed by atoms with van der Waals surface area (Å²) in [6.45, 7) is 0. The Balaban J connectivity index is 1.07. The third kappa shape index (κ3) is 5.34. The molecule has 2 heteroatoms. The summed E-state index contributed by atoms with van der Waals surface area (Å²) < 4.78 is 6.50. The van der Waals surface area contributed by atoms with E-state index in [4.69, 9.17) is 4.42 Å². The molecule has 2 nitrogen and oxygen atoms in total. The van der Waals surface area contributed by atoms with Crippen LogP contribution in [0.3, 0.4) is 0 Å². The molecular weight excluding hydrogens is 679 g/mol. The number of hydrogen-bond donors (Lipinski definition) is 0. The van der Waals surface area contributed by atoms with Crippen molar-refractivity contribution in [3.63, 3.8) is 0 Å². The summed E-state index contributed by atoms with van der Waals surface area (Å²) in [7, 11) is 0. The van der Waals surface area contributed by atoms with Crippen LogP contribution in [-0.4, -0.2) is 0 Å². The second-order valence-electron chi connectivity index (χ2n) is 14.5. The zero-order valence-corrected chi connectivity index (χ0v) is 30.6. The van der Waals surface area contributed by atoms with E-state index < -0.39 is 0 Å². The topological polar surface area (TPSA) is 16.4 Å². The lowest BCUT2D eigenvalue weighted by molar-refractivity contribution is 0.631. The van der Waals surface area contributed by atoms with Gasteiger partial charge in [-0.15, -0.1) is 0 Å². The number of fused-ring (bicyclic) bond motifs is 7. The van der Waals surface area contributed by atoms with Gasteiger partial charge in [0.05, 0.1) is 5.69 Å². The normalized spacial score (nSPS) is 11.6. The maximum atomic E-state index is 6.50. The van der Waals surface area contributed by atoms with Gasteiger partial charge in [-0.1, -0.05) is 152 Å². The predicted molar refractivity (Wildman–Crippen MR) is 237 cm³/mol. The average Bonchev–Trinajstić information content (AvgIpc) is 3.71. The molecule has 10 aromatic carbocycles. The van der Waals surface area contributed by atoms with Crippen LogP contribution in [0.15, 0.2) is 217 Å². The molecule has 1 aromatic heterocycles. The number of para-hydroxylation sites is 2. The average molecular weight is 714 g/mol. The fourth-order valence-electron chi connectivity index (χ4n) is 8.59. The van der Waals surface area contributed by atoms with Crippen LogP contribution in [0, 0.1) is 0 Å². The highest BCUT2D eigenvalue weighted by atomic mass is 16.3. The number of furan rings is 1. The molecule has 0 spiro atoms. The second kappa shape index (κ2) is 13.2. The minimum absolute atomic E-state index is 0.838. The molecule has 0 N–H and O–H groups in total. The summed E-state index contributed by atoms with van der Waals surface area (Å²) in [5, 5.41) is 11.2. The predicted octanol–water partition coefficient (Wildman–Crippen LogP) is 15.5. The highest BCUT2D eigenvalue weighted by Gasteiger charge is 2.20. The fourth-order valence-corrected chi connectivity index (χ4v) is 8.59. The lowest BCUT2D eigenvalue weighted by Gasteiger charge is -2.28. The fraction of sp³-hybridized carbons (Fsp3) is 0. The van der Waals surface area contributed by atoms with Crippen molar-refractivity contribution >= 4 is 71.1 Å². The van der Waals surface area contributed by atoms with Crippen molar-refractivity contribution in [2.24, 2.45) is 0 Å². The van der Waals surface area contributed by atoms with Gasteiger partial charge in [0, 0.05) is 22.3 Å². The van der Waals surface area contributed by atoms with E-state index in [1.54, 1.807) is 0 Å². The Morgan fingerprint density at radius 2 is 0.732 bits per heavy atom. The molecule has 56 heavy (non-hydrogen) atoms. The first kappa shape index (κ1) is 32.0. The summed E-state index contributed by atoms with van der Waals surface area (Å²) in [6, 6.07) is 76.4. The SMILES string of the molecule is c1ccc(N(c2ccc(-c3cc4ccccc4c4ccccc34)cc2)c2ccc(-c3cc4ccccc4c4ccccc34)cc2)c(-c2cc3ccccc3o2)c1. The van der Waals surface area contributed by atoms with Crippen LogP contribution < -0.4 is 4.90 Å². The molecule has 1 heterocycles. The van der Waals surface area contributed by atoms with Crippen LogP contribution in [-0.2, 0) is 0 Å². The van der Waals surface area contributed by atoms with Crippen molar-refractivity contribution in [2.45, 2.75) is 0 Å². The van der Waals surface area contributed by atoms with E-state index in [0.717, 1.165) is 39.4 Å². The number of anilines is 3.